The van der Waals surface area contributed by atoms with Gasteiger partial charge in [0.15, 0.2) is 0 Å². The van der Waals surface area contributed by atoms with Crippen molar-refractivity contribution in [3.8, 4) is 0 Å². The Kier molecular flexibility index (Phi) is 3.30. The molecule has 0 atom stereocenters. The van der Waals surface area contributed by atoms with Crippen LogP contribution in [-0.4, -0.2) is 46.0 Å². The predicted octanol–water partition coefficient (Wildman–Crippen LogP) is 0.664. The van der Waals surface area contributed by atoms with Crippen molar-refractivity contribution >= 4 is 23.5 Å². The van der Waals surface area contributed by atoms with Gasteiger partial charge in [0.05, 0.1) is 6.20 Å². The van der Waals surface area contributed by atoms with Gasteiger partial charge in [0.1, 0.15) is 6.54 Å². The van der Waals surface area contributed by atoms with Gasteiger partial charge in [-0.25, -0.2) is 4.79 Å². The third-order valence-corrected chi connectivity index (χ3v) is 4.31. The summed E-state index contributed by atoms with van der Waals surface area (Å²) in [7, 11) is 0. The van der Waals surface area contributed by atoms with E-state index < -0.39 is 6.03 Å². The van der Waals surface area contributed by atoms with E-state index in [1.54, 1.807) is 35.4 Å². The molecule has 0 radical (unpaired) electrons. The van der Waals surface area contributed by atoms with E-state index in [2.05, 4.69) is 15.5 Å². The monoisotopic (exact) mass is 325 g/mol. The van der Waals surface area contributed by atoms with E-state index in [0.29, 0.717) is 24.3 Å². The lowest BCUT2D eigenvalue weighted by Gasteiger charge is -2.26. The number of fused-ring (bicyclic) bond motifs is 1. The average molecular weight is 325 g/mol. The van der Waals surface area contributed by atoms with Gasteiger partial charge < -0.3 is 4.90 Å². The van der Waals surface area contributed by atoms with Gasteiger partial charge in [0.25, 0.3) is 5.91 Å². The molecule has 1 fully saturated rings. The third-order valence-electron chi connectivity index (χ3n) is 4.31. The van der Waals surface area contributed by atoms with Gasteiger partial charge in [0.2, 0.25) is 5.91 Å². The van der Waals surface area contributed by atoms with Gasteiger partial charge in [-0.3, -0.25) is 24.9 Å². The summed E-state index contributed by atoms with van der Waals surface area (Å²) >= 11 is 0. The molecule has 0 bridgehead atoms. The van der Waals surface area contributed by atoms with Gasteiger partial charge in [0, 0.05) is 42.0 Å². The second kappa shape index (κ2) is 5.48. The molecular weight excluding hydrogens is 310 g/mol. The maximum atomic E-state index is 12.6. The molecule has 2 aliphatic rings. The van der Waals surface area contributed by atoms with E-state index in [9.17, 15) is 14.4 Å². The van der Waals surface area contributed by atoms with Crippen LogP contribution in [0.1, 0.15) is 21.6 Å². The lowest BCUT2D eigenvalue weighted by atomic mass is 10.1. The van der Waals surface area contributed by atoms with Gasteiger partial charge in [-0.2, -0.15) is 5.10 Å². The maximum absolute atomic E-state index is 12.6. The molecule has 2 aromatic rings. The topological polar surface area (TPSA) is 98.4 Å². The van der Waals surface area contributed by atoms with Crippen molar-refractivity contribution < 1.29 is 14.4 Å². The van der Waals surface area contributed by atoms with Gasteiger partial charge in [-0.15, -0.1) is 0 Å². The van der Waals surface area contributed by atoms with Crippen molar-refractivity contribution in [2.45, 2.75) is 13.0 Å². The molecule has 24 heavy (non-hydrogen) atoms. The summed E-state index contributed by atoms with van der Waals surface area (Å²) < 4.78 is 0. The molecule has 8 nitrogen and oxygen atoms in total. The number of aromatic amines is 1. The Morgan fingerprint density at radius 1 is 1.12 bits per heavy atom. The molecule has 8 heteroatoms. The Bertz CT molecular complexity index is 826. The van der Waals surface area contributed by atoms with Gasteiger partial charge in [-0.05, 0) is 24.3 Å². The van der Waals surface area contributed by atoms with E-state index in [1.165, 1.54) is 4.90 Å². The highest BCUT2D eigenvalue weighted by Crippen LogP contribution is 2.21. The highest BCUT2D eigenvalue weighted by atomic mass is 16.2. The zero-order chi connectivity index (χ0) is 16.7. The highest BCUT2D eigenvalue weighted by Gasteiger charge is 2.28. The van der Waals surface area contributed by atoms with E-state index in [-0.39, 0.29) is 18.4 Å². The van der Waals surface area contributed by atoms with Crippen LogP contribution in [0.15, 0.2) is 30.5 Å². The van der Waals surface area contributed by atoms with Crippen molar-refractivity contribution in [3.63, 3.8) is 0 Å². The first-order valence-corrected chi connectivity index (χ1v) is 7.63. The number of carbonyl (C=O) groups is 3. The molecule has 2 aliphatic heterocycles. The summed E-state index contributed by atoms with van der Waals surface area (Å²) in [5.74, 6) is -0.389. The van der Waals surface area contributed by atoms with Crippen LogP contribution >= 0.6 is 0 Å². The number of amides is 4. The molecule has 122 valence electrons. The standard InChI is InChI=1S/C16H15N5O3/c22-14-9-21(16(24)18-14)12-3-1-10(2-4-12)15(23)20-6-5-13-11(8-20)7-17-19-13/h1-4,7H,5-6,8-9H2,(H,17,19)(H,18,22,24). The van der Waals surface area contributed by atoms with Crippen LogP contribution in [0.25, 0.3) is 0 Å². The number of carbonyl (C=O) groups excluding carboxylic acids is 3. The lowest BCUT2D eigenvalue weighted by Crippen LogP contribution is -2.35. The summed E-state index contributed by atoms with van der Waals surface area (Å²) in [6.45, 7) is 1.18. The first-order valence-electron chi connectivity index (χ1n) is 7.63. The number of nitrogens with one attached hydrogen (secondary N) is 2. The molecule has 0 saturated carbocycles. The highest BCUT2D eigenvalue weighted by molar-refractivity contribution is 6.12. The van der Waals surface area contributed by atoms with Crippen LogP contribution in [-0.2, 0) is 17.8 Å². The van der Waals surface area contributed by atoms with Gasteiger partial charge in [-0.1, -0.05) is 0 Å². The quantitative estimate of drug-likeness (QED) is 0.793. The molecule has 1 aromatic heterocycles. The molecule has 0 spiro atoms. The van der Waals surface area contributed by atoms with Crippen molar-refractivity contribution in [1.82, 2.24) is 20.4 Å². The van der Waals surface area contributed by atoms with Crippen LogP contribution < -0.4 is 10.2 Å². The molecule has 4 amide bonds. The van der Waals surface area contributed by atoms with E-state index in [4.69, 9.17) is 0 Å². The Morgan fingerprint density at radius 3 is 2.62 bits per heavy atom. The van der Waals surface area contributed by atoms with Crippen LogP contribution in [0.4, 0.5) is 10.5 Å². The van der Waals surface area contributed by atoms with Crippen LogP contribution in [0, 0.1) is 0 Å². The minimum absolute atomic E-state index is 0.00151. The third kappa shape index (κ3) is 2.41. The fourth-order valence-corrected chi connectivity index (χ4v) is 3.01. The van der Waals surface area contributed by atoms with Crippen molar-refractivity contribution in [3.05, 3.63) is 47.3 Å². The molecule has 1 aromatic carbocycles. The number of benzene rings is 1. The second-order valence-electron chi connectivity index (χ2n) is 5.84. The molecule has 0 unspecified atom stereocenters. The summed E-state index contributed by atoms with van der Waals surface area (Å²) in [5, 5.41) is 9.18. The fourth-order valence-electron chi connectivity index (χ4n) is 3.01. The molecule has 1 saturated heterocycles. The predicted molar refractivity (Wildman–Crippen MR) is 84.4 cm³/mol. The van der Waals surface area contributed by atoms with Crippen LogP contribution in [0.5, 0.6) is 0 Å². The zero-order valence-corrected chi connectivity index (χ0v) is 12.8. The first kappa shape index (κ1) is 14.4. The number of rotatable bonds is 2. The van der Waals surface area contributed by atoms with E-state index in [0.717, 1.165) is 17.7 Å². The average Bonchev–Trinajstić information content (AvgIpc) is 3.19. The Balaban J connectivity index is 1.50. The number of urea groups is 1. The Labute approximate surface area is 137 Å². The SMILES string of the molecule is O=C1CN(c2ccc(C(=O)N3CCc4[nH]ncc4C3)cc2)C(=O)N1. The minimum Gasteiger partial charge on any atom is -0.334 e. The number of nitrogens with zero attached hydrogens (tertiary/aromatic N) is 3. The number of H-pyrrole nitrogens is 1. The minimum atomic E-state index is -0.442. The van der Waals surface area contributed by atoms with Crippen molar-refractivity contribution in [2.75, 3.05) is 18.0 Å². The Hall–Kier alpha value is -3.16. The summed E-state index contributed by atoms with van der Waals surface area (Å²) in [6, 6.07) is 6.27. The van der Waals surface area contributed by atoms with Crippen LogP contribution in [0.3, 0.4) is 0 Å². The first-order chi connectivity index (χ1) is 11.6. The summed E-state index contributed by atoms with van der Waals surface area (Å²) in [6.07, 6.45) is 2.51. The molecule has 3 heterocycles. The van der Waals surface area contributed by atoms with Crippen molar-refractivity contribution in [1.29, 1.82) is 0 Å². The fraction of sp³-hybridized carbons (Fsp3) is 0.250. The number of hydrogen-bond acceptors (Lipinski definition) is 4. The van der Waals surface area contributed by atoms with E-state index in [1.807, 2.05) is 0 Å². The zero-order valence-electron chi connectivity index (χ0n) is 12.8. The molecule has 0 aliphatic carbocycles. The number of hydrogen-bond donors (Lipinski definition) is 2. The summed E-state index contributed by atoms with van der Waals surface area (Å²) in [4.78, 5) is 38.7. The lowest BCUT2D eigenvalue weighted by molar-refractivity contribution is -0.117. The number of aromatic nitrogens is 2. The van der Waals surface area contributed by atoms with E-state index >= 15 is 0 Å². The van der Waals surface area contributed by atoms with Crippen molar-refractivity contribution in [2.24, 2.45) is 0 Å². The largest absolute Gasteiger partial charge is 0.334 e. The van der Waals surface area contributed by atoms with Crippen LogP contribution in [0.2, 0.25) is 0 Å². The van der Waals surface area contributed by atoms with Gasteiger partial charge >= 0.3 is 6.03 Å². The smallest absolute Gasteiger partial charge is 0.329 e. The normalized spacial score (nSPS) is 17.0. The molecule has 4 rings (SSSR count). The Morgan fingerprint density at radius 2 is 1.92 bits per heavy atom. The maximum Gasteiger partial charge on any atom is 0.329 e. The summed E-state index contributed by atoms with van der Waals surface area (Å²) in [5.41, 5.74) is 3.26. The number of anilines is 1. The number of imide groups is 1. The molecular formula is C16H15N5O3. The second-order valence-corrected chi connectivity index (χ2v) is 5.84. The molecule has 2 N–H and O–H groups in total.